The van der Waals surface area contributed by atoms with Gasteiger partial charge in [-0.15, -0.1) is 0 Å². The fourth-order valence-corrected chi connectivity index (χ4v) is 17.7. The number of fused-ring (bicyclic) bond motifs is 5. The lowest BCUT2D eigenvalue weighted by molar-refractivity contribution is -0.129. The lowest BCUT2D eigenvalue weighted by Gasteiger charge is -2.53. The Kier molecular flexibility index (Phi) is 15.7. The number of benzene rings is 1. The molecule has 4 heterocycles. The summed E-state index contributed by atoms with van der Waals surface area (Å²) in [5.41, 5.74) is 7.76. The van der Waals surface area contributed by atoms with Gasteiger partial charge in [-0.2, -0.15) is 0 Å². The van der Waals surface area contributed by atoms with Crippen molar-refractivity contribution in [3.05, 3.63) is 101 Å². The maximum Gasteiger partial charge on any atom is 0.509 e. The molecule has 18 nitrogen and oxygen atoms in total. The van der Waals surface area contributed by atoms with Crippen LogP contribution < -0.4 is 21.7 Å². The van der Waals surface area contributed by atoms with Crippen molar-refractivity contribution >= 4 is 35.7 Å². The first kappa shape index (κ1) is 60.5. The Hall–Kier alpha value is -5.79. The number of anilines is 1. The van der Waals surface area contributed by atoms with Crippen LogP contribution in [0.25, 0.3) is 0 Å². The second-order valence-electron chi connectivity index (χ2n) is 28.5. The molecular formula is C68H90N4O14. The smallest absolute Gasteiger partial charge is 0.490 e. The Morgan fingerprint density at radius 2 is 1.69 bits per heavy atom. The summed E-state index contributed by atoms with van der Waals surface area (Å²) in [4.78, 5) is 67.2. The largest absolute Gasteiger partial charge is 0.509 e. The number of alkyl carbamates (subject to hydrolysis) is 1. The number of urea groups is 1. The number of carbonyl (C=O) groups excluding carboxylic acids is 5. The van der Waals surface area contributed by atoms with Crippen LogP contribution in [0.3, 0.4) is 0 Å². The molecule has 86 heavy (non-hydrogen) atoms. The topological polar surface area (TPSA) is 262 Å². The van der Waals surface area contributed by atoms with Crippen LogP contribution in [0.5, 0.6) is 0 Å². The third-order valence-corrected chi connectivity index (χ3v) is 22.8. The summed E-state index contributed by atoms with van der Waals surface area (Å²) >= 11 is 0. The fourth-order valence-electron chi connectivity index (χ4n) is 17.7. The second-order valence-corrected chi connectivity index (χ2v) is 28.5. The number of primary amides is 1. The number of ether oxygens (including phenoxy) is 7. The van der Waals surface area contributed by atoms with Crippen molar-refractivity contribution in [1.82, 2.24) is 10.6 Å². The van der Waals surface area contributed by atoms with Crippen molar-refractivity contribution in [2.24, 2.45) is 58.0 Å². The van der Waals surface area contributed by atoms with Crippen molar-refractivity contribution in [1.29, 1.82) is 0 Å². The number of nitrogens with one attached hydrogen (secondary N) is 3. The van der Waals surface area contributed by atoms with Crippen LogP contribution in [0.15, 0.2) is 95.4 Å². The zero-order valence-corrected chi connectivity index (χ0v) is 51.2. The number of hydrogen-bond acceptors (Lipinski definition) is 14. The number of aliphatic hydroxyl groups excluding tert-OH is 2. The molecule has 3 saturated heterocycles. The van der Waals surface area contributed by atoms with Gasteiger partial charge in [0.15, 0.2) is 17.5 Å². The monoisotopic (exact) mass is 1190 g/mol. The third-order valence-electron chi connectivity index (χ3n) is 22.8. The van der Waals surface area contributed by atoms with Gasteiger partial charge in [-0.1, -0.05) is 89.8 Å². The lowest BCUT2D eigenvalue weighted by atomic mass is 9.46. The van der Waals surface area contributed by atoms with Crippen molar-refractivity contribution < 1.29 is 67.3 Å². The Labute approximate surface area is 505 Å². The predicted octanol–water partition coefficient (Wildman–Crippen LogP) is 10.0. The first-order valence-electron chi connectivity index (χ1n) is 31.9. The first-order valence-corrected chi connectivity index (χ1v) is 31.9. The summed E-state index contributed by atoms with van der Waals surface area (Å²) in [6.45, 7) is 23.3. The minimum atomic E-state index is -1.46. The Morgan fingerprint density at radius 3 is 2.42 bits per heavy atom. The van der Waals surface area contributed by atoms with Crippen molar-refractivity contribution in [3.63, 3.8) is 0 Å². The standard InChI is InChI=1S/C68H90N4O14/c1-36(2)66-56(85-66)57-68(86-57)65(9)28-26-47-39(5)80-35-48(47)51(65)33-55-67(68,84-55)59(66)83-62(79)81-34-40-15-21-45(22-16-40)71-58(76)44(13-11-29-70-60(69)77)31-54(75)63(6,7)72-61(78)82-46-30-43(38(4)53(74)32-46)20-17-41-12-10-27-64(8)49(23-24-50(41)64)37(3)14-25-52(73)42-18-19-42/h14-17,20-22,25,36-37,42,44,46,49-53,55-57,59,73-74H,4-5,10-13,18-19,23-24,26-35H2,1-3,6-9H3,(H,71,76)(H,72,78)(H3,69,70,77)/b25-14+,41-17+,43-20-/t37-,44?,46+,49?,50?,51-,52?,53-,55-,56-,57-,59+,64+,65-,66-,67+,68+/m0/s1. The number of allylic oxidation sites excluding steroid dienone is 5. The minimum absolute atomic E-state index is 0.00365. The summed E-state index contributed by atoms with van der Waals surface area (Å²) in [6.07, 6.45) is 14.5. The third kappa shape index (κ3) is 10.4. The summed E-state index contributed by atoms with van der Waals surface area (Å²) in [6, 6.07) is 6.08. The average Bonchev–Trinajstić information content (AvgIpc) is 1.42. The number of nitrogens with two attached hydrogens (primary N) is 1. The summed E-state index contributed by atoms with van der Waals surface area (Å²) in [7, 11) is 0. The number of epoxide rings is 3. The molecule has 7 aliphatic carbocycles. The molecule has 0 bridgehead atoms. The quantitative estimate of drug-likeness (QED) is 0.0307. The first-order chi connectivity index (χ1) is 40.9. The molecule has 4 amide bonds. The van der Waals surface area contributed by atoms with Gasteiger partial charge < -0.3 is 65.1 Å². The van der Waals surface area contributed by atoms with Gasteiger partial charge in [0.2, 0.25) is 5.91 Å². The average molecular weight is 1190 g/mol. The van der Waals surface area contributed by atoms with E-state index in [1.807, 2.05) is 12.2 Å². The molecule has 4 unspecified atom stereocenters. The highest BCUT2D eigenvalue weighted by Crippen LogP contribution is 2.83. The fraction of sp³-hybridized carbons (Fsp3) is 0.662. The van der Waals surface area contributed by atoms with E-state index in [1.54, 1.807) is 38.1 Å². The van der Waals surface area contributed by atoms with E-state index < -0.39 is 76.5 Å². The van der Waals surface area contributed by atoms with E-state index >= 15 is 0 Å². The predicted molar refractivity (Wildman–Crippen MR) is 319 cm³/mol. The van der Waals surface area contributed by atoms with Crippen LogP contribution in [-0.2, 0) is 49.4 Å². The molecule has 1 aromatic carbocycles. The van der Waals surface area contributed by atoms with E-state index in [-0.39, 0.29) is 79.5 Å². The van der Waals surface area contributed by atoms with Gasteiger partial charge in [0, 0.05) is 42.8 Å². The van der Waals surface area contributed by atoms with E-state index in [2.05, 4.69) is 75.9 Å². The highest BCUT2D eigenvalue weighted by Gasteiger charge is 3.01. The van der Waals surface area contributed by atoms with Gasteiger partial charge in [-0.3, -0.25) is 9.59 Å². The van der Waals surface area contributed by atoms with Crippen LogP contribution in [0.1, 0.15) is 150 Å². The van der Waals surface area contributed by atoms with Gasteiger partial charge in [0.25, 0.3) is 0 Å². The Bertz CT molecular complexity index is 3070. The number of ketones is 1. The SMILES string of the molecule is C=C1OCC2=C1CC[C@@]1(C)[C@H]2C[C@@H]2O[C@@]23[C@H](OC(=O)OCc2ccc(NC(=O)C(CCCNC(N)=O)CC(=O)C(C)(C)NC(=O)O[C@@H]4C/C(=C/C=C5\CCC[C@@]6(C)C5CCC6[C@@H](C)/C=C/C(O)C5CC5)C(=C)[C@@H](O)C4)cc2)[C@@]2(C(C)C)O[C@H]2[C@@H]2O[C@@]231. The van der Waals surface area contributed by atoms with Crippen LogP contribution in [0.4, 0.5) is 20.1 Å². The number of amides is 4. The molecule has 18 heteroatoms. The summed E-state index contributed by atoms with van der Waals surface area (Å²) in [5, 5.41) is 29.9. The van der Waals surface area contributed by atoms with E-state index in [0.29, 0.717) is 59.9 Å². The summed E-state index contributed by atoms with van der Waals surface area (Å²) < 4.78 is 44.3. The van der Waals surface area contributed by atoms with Crippen LogP contribution in [0, 0.1) is 52.3 Å². The highest BCUT2D eigenvalue weighted by atomic mass is 16.8. The maximum absolute atomic E-state index is 14.1. The molecule has 0 radical (unpaired) electrons. The molecule has 0 aromatic heterocycles. The number of Topliss-reactive ketones (excluding diaryl/α,β-unsaturated/α-hetero) is 1. The van der Waals surface area contributed by atoms with Gasteiger partial charge in [0.1, 0.15) is 48.5 Å². The van der Waals surface area contributed by atoms with Gasteiger partial charge in [-0.05, 0) is 172 Å². The van der Waals surface area contributed by atoms with Crippen LogP contribution in [-0.4, -0.2) is 118 Å². The van der Waals surface area contributed by atoms with E-state index in [1.165, 1.54) is 16.7 Å². The molecule has 466 valence electrons. The molecule has 17 atom stereocenters. The molecule has 6 saturated carbocycles. The van der Waals surface area contributed by atoms with Crippen molar-refractivity contribution in [2.75, 3.05) is 18.5 Å². The molecular weight excluding hydrogens is 1100 g/mol. The molecule has 4 aliphatic heterocycles. The van der Waals surface area contributed by atoms with Crippen molar-refractivity contribution in [3.8, 4) is 0 Å². The second kappa shape index (κ2) is 22.4. The Balaban J connectivity index is 0.643. The zero-order chi connectivity index (χ0) is 61.0. The lowest BCUT2D eigenvalue weighted by Crippen LogP contribution is -2.70. The summed E-state index contributed by atoms with van der Waals surface area (Å²) in [5.74, 6) is 0.938. The molecule has 2 spiro atoms. The number of aliphatic hydroxyl groups is 2. The molecule has 7 N–H and O–H groups in total. The van der Waals surface area contributed by atoms with Crippen LogP contribution in [0.2, 0.25) is 0 Å². The number of rotatable bonds is 20. The molecule has 12 rings (SSSR count). The number of carbonyl (C=O) groups is 5. The molecule has 11 aliphatic rings. The van der Waals surface area contributed by atoms with E-state index in [9.17, 15) is 34.2 Å². The van der Waals surface area contributed by atoms with Crippen LogP contribution >= 0.6 is 0 Å². The van der Waals surface area contributed by atoms with Gasteiger partial charge in [0.05, 0.1) is 23.9 Å². The maximum atomic E-state index is 14.1. The van der Waals surface area contributed by atoms with E-state index in [4.69, 9.17) is 38.9 Å². The molecule has 9 fully saturated rings. The van der Waals surface area contributed by atoms with Gasteiger partial charge >= 0.3 is 18.3 Å². The van der Waals surface area contributed by atoms with Gasteiger partial charge in [-0.25, -0.2) is 14.4 Å². The van der Waals surface area contributed by atoms with E-state index in [0.717, 1.165) is 75.5 Å². The molecule has 1 aromatic rings. The highest BCUT2D eigenvalue weighted by molar-refractivity contribution is 5.98. The minimum Gasteiger partial charge on any atom is -0.490 e. The Morgan fingerprint density at radius 1 is 0.919 bits per heavy atom. The zero-order valence-electron chi connectivity index (χ0n) is 51.2. The number of hydrogen-bond donors (Lipinski definition) is 6. The normalized spacial score (nSPS) is 38.2. The van der Waals surface area contributed by atoms with Crippen molar-refractivity contribution in [2.45, 2.75) is 216 Å².